The van der Waals surface area contributed by atoms with Gasteiger partial charge in [0.05, 0.1) is 11.4 Å². The topological polar surface area (TPSA) is 96.3 Å². The van der Waals surface area contributed by atoms with E-state index in [0.29, 0.717) is 18.5 Å². The van der Waals surface area contributed by atoms with E-state index in [-0.39, 0.29) is 37.1 Å². The maximum atomic E-state index is 13.5. The fourth-order valence-electron chi connectivity index (χ4n) is 4.97. The highest BCUT2D eigenvalue weighted by Crippen LogP contribution is 2.33. The van der Waals surface area contributed by atoms with Crippen LogP contribution in [0.2, 0.25) is 0 Å². The first-order valence-corrected chi connectivity index (χ1v) is 12.3. The van der Waals surface area contributed by atoms with Crippen molar-refractivity contribution < 1.29 is 18.8 Å². The zero-order chi connectivity index (χ0) is 25.1. The van der Waals surface area contributed by atoms with Crippen molar-refractivity contribution in [1.82, 2.24) is 25.3 Å². The van der Waals surface area contributed by atoms with E-state index in [2.05, 4.69) is 15.7 Å². The molecule has 4 amide bonds. The molecule has 1 aromatic heterocycles. The predicted molar refractivity (Wildman–Crippen MR) is 131 cm³/mol. The van der Waals surface area contributed by atoms with Crippen LogP contribution >= 0.6 is 0 Å². The lowest BCUT2D eigenvalue weighted by Crippen LogP contribution is -2.48. The van der Waals surface area contributed by atoms with Crippen LogP contribution in [0, 0.1) is 5.82 Å². The first kappa shape index (κ1) is 23.7. The Morgan fingerprint density at radius 3 is 2.47 bits per heavy atom. The van der Waals surface area contributed by atoms with Crippen LogP contribution in [0.5, 0.6) is 0 Å². The Morgan fingerprint density at radius 1 is 1.03 bits per heavy atom. The number of benzene rings is 2. The molecule has 3 aromatic rings. The number of hydrogen-bond acceptors (Lipinski definition) is 4. The standard InChI is InChI=1S/C27H28FN5O3/c28-21-11-9-19(10-12-21)24-20(18-33(31-24)22-7-3-1-4-8-22)17-29-23(34)13-16-32-25(35)27(30-26(32)36)14-5-2-6-15-27/h1,3-4,7-12,18H,2,5-6,13-17H2,(H,29,34)(H,30,36). The van der Waals surface area contributed by atoms with Gasteiger partial charge in [-0.3, -0.25) is 14.5 Å². The van der Waals surface area contributed by atoms with Crippen LogP contribution < -0.4 is 10.6 Å². The van der Waals surface area contributed by atoms with E-state index in [1.165, 1.54) is 17.0 Å². The summed E-state index contributed by atoms with van der Waals surface area (Å²) in [6.07, 6.45) is 6.02. The van der Waals surface area contributed by atoms with Crippen molar-refractivity contribution in [3.8, 4) is 16.9 Å². The Morgan fingerprint density at radius 2 is 1.75 bits per heavy atom. The number of imide groups is 1. The predicted octanol–water partition coefficient (Wildman–Crippen LogP) is 3.94. The molecule has 2 N–H and O–H groups in total. The number of aromatic nitrogens is 2. The molecule has 1 spiro atoms. The molecule has 186 valence electrons. The number of nitrogens with zero attached hydrogens (tertiary/aromatic N) is 3. The number of rotatable bonds is 7. The monoisotopic (exact) mass is 489 g/mol. The summed E-state index contributed by atoms with van der Waals surface area (Å²) in [5, 5.41) is 10.4. The molecule has 0 bridgehead atoms. The highest BCUT2D eigenvalue weighted by atomic mass is 19.1. The second-order valence-corrected chi connectivity index (χ2v) is 9.35. The second-order valence-electron chi connectivity index (χ2n) is 9.35. The van der Waals surface area contributed by atoms with Crippen LogP contribution in [0.15, 0.2) is 60.8 Å². The summed E-state index contributed by atoms with van der Waals surface area (Å²) < 4.78 is 15.2. The van der Waals surface area contributed by atoms with Gasteiger partial charge in [-0.15, -0.1) is 0 Å². The molecule has 1 saturated heterocycles. The van der Waals surface area contributed by atoms with E-state index in [1.54, 1.807) is 16.8 Å². The van der Waals surface area contributed by atoms with Gasteiger partial charge in [0, 0.05) is 36.8 Å². The zero-order valence-corrected chi connectivity index (χ0v) is 19.9. The number of hydrogen-bond donors (Lipinski definition) is 2. The van der Waals surface area contributed by atoms with Crippen molar-refractivity contribution in [3.63, 3.8) is 0 Å². The van der Waals surface area contributed by atoms with Gasteiger partial charge >= 0.3 is 6.03 Å². The highest BCUT2D eigenvalue weighted by molar-refractivity contribution is 6.07. The largest absolute Gasteiger partial charge is 0.352 e. The van der Waals surface area contributed by atoms with Crippen LogP contribution in [-0.4, -0.2) is 44.6 Å². The third-order valence-corrected chi connectivity index (χ3v) is 6.92. The molecule has 0 radical (unpaired) electrons. The molecule has 2 fully saturated rings. The molecule has 1 aliphatic heterocycles. The lowest BCUT2D eigenvalue weighted by Gasteiger charge is -2.30. The summed E-state index contributed by atoms with van der Waals surface area (Å²) in [6, 6.07) is 15.2. The van der Waals surface area contributed by atoms with Gasteiger partial charge in [0.15, 0.2) is 0 Å². The average molecular weight is 490 g/mol. The van der Waals surface area contributed by atoms with Crippen molar-refractivity contribution in [1.29, 1.82) is 0 Å². The van der Waals surface area contributed by atoms with Gasteiger partial charge in [0.2, 0.25) is 5.91 Å². The molecule has 36 heavy (non-hydrogen) atoms. The maximum Gasteiger partial charge on any atom is 0.325 e. The molecular formula is C27H28FN5O3. The molecule has 8 nitrogen and oxygen atoms in total. The van der Waals surface area contributed by atoms with Gasteiger partial charge in [-0.1, -0.05) is 37.5 Å². The summed E-state index contributed by atoms with van der Waals surface area (Å²) in [4.78, 5) is 39.2. The molecule has 0 unspecified atom stereocenters. The lowest BCUT2D eigenvalue weighted by atomic mass is 9.82. The Hall–Kier alpha value is -4.01. The number of carbonyl (C=O) groups excluding carboxylic acids is 3. The number of para-hydroxylation sites is 1. The van der Waals surface area contributed by atoms with Gasteiger partial charge < -0.3 is 10.6 Å². The molecule has 9 heteroatoms. The molecular weight excluding hydrogens is 461 g/mol. The van der Waals surface area contributed by atoms with Crippen LogP contribution in [0.3, 0.4) is 0 Å². The van der Waals surface area contributed by atoms with Crippen LogP contribution in [0.25, 0.3) is 16.9 Å². The van der Waals surface area contributed by atoms with Gasteiger partial charge in [-0.25, -0.2) is 13.9 Å². The summed E-state index contributed by atoms with van der Waals surface area (Å²) in [5.74, 6) is -0.841. The summed E-state index contributed by atoms with van der Waals surface area (Å²) in [7, 11) is 0. The molecule has 2 aliphatic rings. The first-order valence-electron chi connectivity index (χ1n) is 12.3. The smallest absolute Gasteiger partial charge is 0.325 e. The van der Waals surface area contributed by atoms with E-state index in [0.717, 1.165) is 36.1 Å². The number of halogens is 1. The number of amides is 4. The Kier molecular flexibility index (Phi) is 6.54. The van der Waals surface area contributed by atoms with Crippen molar-refractivity contribution in [2.24, 2.45) is 0 Å². The molecule has 2 heterocycles. The fourth-order valence-corrected chi connectivity index (χ4v) is 4.97. The van der Waals surface area contributed by atoms with Gasteiger partial charge in [-0.2, -0.15) is 5.10 Å². The lowest BCUT2D eigenvalue weighted by molar-refractivity contribution is -0.132. The highest BCUT2D eigenvalue weighted by Gasteiger charge is 2.51. The maximum absolute atomic E-state index is 13.5. The number of urea groups is 1. The van der Waals surface area contributed by atoms with E-state index in [4.69, 9.17) is 0 Å². The Balaban J connectivity index is 1.26. The van der Waals surface area contributed by atoms with Gasteiger partial charge in [0.25, 0.3) is 5.91 Å². The summed E-state index contributed by atoms with van der Waals surface area (Å²) in [6.45, 7) is 0.231. The molecule has 1 saturated carbocycles. The zero-order valence-electron chi connectivity index (χ0n) is 19.9. The minimum atomic E-state index is -0.790. The molecule has 5 rings (SSSR count). The van der Waals surface area contributed by atoms with E-state index >= 15 is 0 Å². The average Bonchev–Trinajstić information content (AvgIpc) is 3.42. The fraction of sp³-hybridized carbons (Fsp3) is 0.333. The third-order valence-electron chi connectivity index (χ3n) is 6.92. The number of nitrogens with one attached hydrogen (secondary N) is 2. The van der Waals surface area contributed by atoms with E-state index in [9.17, 15) is 18.8 Å². The Bertz CT molecular complexity index is 1270. The van der Waals surface area contributed by atoms with E-state index < -0.39 is 11.6 Å². The minimum absolute atomic E-state index is 0.00788. The molecule has 2 aromatic carbocycles. The van der Waals surface area contributed by atoms with Gasteiger partial charge in [0.1, 0.15) is 11.4 Å². The van der Waals surface area contributed by atoms with Crippen molar-refractivity contribution in [2.75, 3.05) is 6.54 Å². The second kappa shape index (κ2) is 9.93. The van der Waals surface area contributed by atoms with Crippen LogP contribution in [0.1, 0.15) is 44.1 Å². The number of carbonyl (C=O) groups is 3. The van der Waals surface area contributed by atoms with Crippen molar-refractivity contribution in [3.05, 3.63) is 72.2 Å². The quantitative estimate of drug-likeness (QED) is 0.492. The van der Waals surface area contributed by atoms with Crippen molar-refractivity contribution >= 4 is 17.8 Å². The Labute approximate surface area is 208 Å². The normalized spacial score (nSPS) is 16.9. The SMILES string of the molecule is O=C(CCN1C(=O)NC2(CCCCC2)C1=O)NCc1cn(-c2ccccc2)nc1-c1ccc(F)cc1. The van der Waals surface area contributed by atoms with Crippen molar-refractivity contribution in [2.45, 2.75) is 50.6 Å². The summed E-state index contributed by atoms with van der Waals surface area (Å²) in [5.41, 5.74) is 2.19. The molecule has 1 aliphatic carbocycles. The third kappa shape index (κ3) is 4.73. The molecule has 0 atom stereocenters. The van der Waals surface area contributed by atoms with Crippen LogP contribution in [-0.2, 0) is 16.1 Å². The summed E-state index contributed by atoms with van der Waals surface area (Å²) >= 11 is 0. The van der Waals surface area contributed by atoms with Gasteiger partial charge in [-0.05, 0) is 49.2 Å². The first-order chi connectivity index (χ1) is 17.4. The minimum Gasteiger partial charge on any atom is -0.352 e. The van der Waals surface area contributed by atoms with Crippen LogP contribution in [0.4, 0.5) is 9.18 Å². The van der Waals surface area contributed by atoms with E-state index in [1.807, 2.05) is 36.5 Å².